The normalized spacial score (nSPS) is 13.4. The van der Waals surface area contributed by atoms with Gasteiger partial charge in [0.25, 0.3) is 0 Å². The largest absolute Gasteiger partial charge is 0.379 e. The van der Waals surface area contributed by atoms with Crippen molar-refractivity contribution in [1.29, 1.82) is 0 Å². The molecule has 4 heteroatoms. The molecule has 0 bridgehead atoms. The molecule has 120 valence electrons. The molecule has 1 rings (SSSR count). The van der Waals surface area contributed by atoms with Gasteiger partial charge >= 0.3 is 0 Å². The van der Waals surface area contributed by atoms with E-state index in [1.165, 1.54) is 12.1 Å². The van der Waals surface area contributed by atoms with Crippen LogP contribution in [0.25, 0.3) is 0 Å². The number of benzene rings is 1. The molecule has 0 aromatic heterocycles. The first-order valence-electron chi connectivity index (χ1n) is 7.62. The van der Waals surface area contributed by atoms with Crippen molar-refractivity contribution >= 4 is 0 Å². The molecule has 0 aliphatic heterocycles. The van der Waals surface area contributed by atoms with Crippen molar-refractivity contribution in [3.63, 3.8) is 0 Å². The van der Waals surface area contributed by atoms with Crippen LogP contribution in [0, 0.1) is 5.82 Å². The molecule has 0 heterocycles. The van der Waals surface area contributed by atoms with Gasteiger partial charge in [-0.05, 0) is 44.9 Å². The molecule has 1 N–H and O–H groups in total. The second-order valence-corrected chi connectivity index (χ2v) is 6.16. The number of hydrogen-bond donors (Lipinski definition) is 1. The van der Waals surface area contributed by atoms with E-state index in [-0.39, 0.29) is 17.5 Å². The van der Waals surface area contributed by atoms with E-state index in [9.17, 15) is 4.39 Å². The molecule has 0 amide bonds. The lowest BCUT2D eigenvalue weighted by molar-refractivity contribution is 0.00198. The molecule has 1 atom stereocenters. The lowest BCUT2D eigenvalue weighted by Crippen LogP contribution is -2.39. The van der Waals surface area contributed by atoms with Crippen LogP contribution in [0.15, 0.2) is 24.3 Å². The van der Waals surface area contributed by atoms with Crippen LogP contribution in [0.2, 0.25) is 0 Å². The Balaban J connectivity index is 2.57. The molecule has 0 aliphatic carbocycles. The lowest BCUT2D eigenvalue weighted by atomic mass is 10.1. The maximum atomic E-state index is 13.4. The third-order valence-corrected chi connectivity index (χ3v) is 2.93. The summed E-state index contributed by atoms with van der Waals surface area (Å²) in [5, 5.41) is 3.40. The quantitative estimate of drug-likeness (QED) is 0.705. The molecular weight excluding hydrogens is 269 g/mol. The second kappa shape index (κ2) is 9.13. The first-order valence-corrected chi connectivity index (χ1v) is 7.62. The summed E-state index contributed by atoms with van der Waals surface area (Å²) in [6.07, 6.45) is 0.823. The molecule has 0 radical (unpaired) electrons. The summed E-state index contributed by atoms with van der Waals surface area (Å²) in [5.74, 6) is -0.237. The topological polar surface area (TPSA) is 30.5 Å². The lowest BCUT2D eigenvalue weighted by Gasteiger charge is -2.26. The van der Waals surface area contributed by atoms with Crippen LogP contribution < -0.4 is 5.32 Å². The van der Waals surface area contributed by atoms with Crippen molar-refractivity contribution in [3.05, 3.63) is 35.6 Å². The number of rotatable bonds is 9. The Morgan fingerprint density at radius 3 is 2.57 bits per heavy atom. The summed E-state index contributed by atoms with van der Waals surface area (Å²) in [6, 6.07) is 6.58. The zero-order valence-corrected chi connectivity index (χ0v) is 13.6. The first kappa shape index (κ1) is 18.1. The van der Waals surface area contributed by atoms with Gasteiger partial charge in [-0.1, -0.05) is 19.1 Å². The monoisotopic (exact) mass is 297 g/mol. The zero-order valence-electron chi connectivity index (χ0n) is 13.6. The van der Waals surface area contributed by atoms with E-state index in [0.29, 0.717) is 19.8 Å². The van der Waals surface area contributed by atoms with Gasteiger partial charge in [-0.3, -0.25) is 0 Å². The van der Waals surface area contributed by atoms with Crippen LogP contribution in [-0.4, -0.2) is 31.9 Å². The summed E-state index contributed by atoms with van der Waals surface area (Å²) in [5.41, 5.74) is 0.843. The standard InChI is InChI=1S/C17H28FNO2/c1-5-9-20-10-11-21-16(13-19-17(2,3)4)14-7-6-8-15(18)12-14/h6-8,12,16,19H,5,9-11,13H2,1-4H3. The van der Waals surface area contributed by atoms with Crippen molar-refractivity contribution < 1.29 is 13.9 Å². The predicted molar refractivity (Wildman–Crippen MR) is 84.0 cm³/mol. The van der Waals surface area contributed by atoms with Gasteiger partial charge in [0, 0.05) is 18.7 Å². The van der Waals surface area contributed by atoms with Gasteiger partial charge in [-0.25, -0.2) is 4.39 Å². The summed E-state index contributed by atoms with van der Waals surface area (Å²) in [7, 11) is 0. The van der Waals surface area contributed by atoms with Crippen LogP contribution >= 0.6 is 0 Å². The molecule has 0 saturated carbocycles. The van der Waals surface area contributed by atoms with E-state index in [4.69, 9.17) is 9.47 Å². The van der Waals surface area contributed by atoms with Gasteiger partial charge in [0.05, 0.1) is 19.3 Å². The number of ether oxygens (including phenoxy) is 2. The molecule has 1 aromatic carbocycles. The van der Waals surface area contributed by atoms with Gasteiger partial charge < -0.3 is 14.8 Å². The Morgan fingerprint density at radius 1 is 1.19 bits per heavy atom. The Bertz CT molecular complexity index is 404. The molecule has 1 aromatic rings. The Morgan fingerprint density at radius 2 is 1.95 bits per heavy atom. The second-order valence-electron chi connectivity index (χ2n) is 6.16. The zero-order chi connectivity index (χ0) is 15.7. The fourth-order valence-electron chi connectivity index (χ4n) is 1.87. The highest BCUT2D eigenvalue weighted by atomic mass is 19.1. The van der Waals surface area contributed by atoms with Gasteiger partial charge in [0.2, 0.25) is 0 Å². The van der Waals surface area contributed by atoms with E-state index < -0.39 is 0 Å². The third-order valence-electron chi connectivity index (χ3n) is 2.93. The molecule has 0 aliphatic rings. The Kier molecular flexibility index (Phi) is 7.86. The number of halogens is 1. The maximum Gasteiger partial charge on any atom is 0.123 e. The minimum atomic E-state index is -0.237. The summed E-state index contributed by atoms with van der Waals surface area (Å²) >= 11 is 0. The van der Waals surface area contributed by atoms with Crippen molar-refractivity contribution in [2.24, 2.45) is 0 Å². The van der Waals surface area contributed by atoms with E-state index in [1.807, 2.05) is 6.07 Å². The summed E-state index contributed by atoms with van der Waals surface area (Å²) in [4.78, 5) is 0. The minimum absolute atomic E-state index is 0.00630. The van der Waals surface area contributed by atoms with Crippen LogP contribution in [0.5, 0.6) is 0 Å². The van der Waals surface area contributed by atoms with E-state index >= 15 is 0 Å². The highest BCUT2D eigenvalue weighted by Crippen LogP contribution is 2.18. The number of nitrogens with one attached hydrogen (secondary N) is 1. The fraction of sp³-hybridized carbons (Fsp3) is 0.647. The molecule has 0 spiro atoms. The van der Waals surface area contributed by atoms with Crippen molar-refractivity contribution in [1.82, 2.24) is 5.32 Å². The molecule has 0 fully saturated rings. The highest BCUT2D eigenvalue weighted by Gasteiger charge is 2.17. The minimum Gasteiger partial charge on any atom is -0.379 e. The molecule has 0 saturated heterocycles. The van der Waals surface area contributed by atoms with Crippen molar-refractivity contribution in [3.8, 4) is 0 Å². The average Bonchev–Trinajstić information content (AvgIpc) is 2.40. The van der Waals surface area contributed by atoms with Gasteiger partial charge in [0.15, 0.2) is 0 Å². The Hall–Kier alpha value is -0.970. The van der Waals surface area contributed by atoms with Crippen LogP contribution in [0.3, 0.4) is 0 Å². The molecule has 3 nitrogen and oxygen atoms in total. The van der Waals surface area contributed by atoms with E-state index in [2.05, 4.69) is 33.0 Å². The molecule has 21 heavy (non-hydrogen) atoms. The van der Waals surface area contributed by atoms with Crippen LogP contribution in [-0.2, 0) is 9.47 Å². The first-order chi connectivity index (χ1) is 9.92. The molecular formula is C17H28FNO2. The van der Waals surface area contributed by atoms with E-state index in [1.54, 1.807) is 6.07 Å². The summed E-state index contributed by atoms with van der Waals surface area (Å²) < 4.78 is 24.7. The van der Waals surface area contributed by atoms with Crippen LogP contribution in [0.1, 0.15) is 45.8 Å². The van der Waals surface area contributed by atoms with E-state index in [0.717, 1.165) is 18.6 Å². The average molecular weight is 297 g/mol. The predicted octanol–water partition coefficient (Wildman–Crippen LogP) is 3.70. The van der Waals surface area contributed by atoms with Gasteiger partial charge in [-0.15, -0.1) is 0 Å². The fourth-order valence-corrected chi connectivity index (χ4v) is 1.87. The van der Waals surface area contributed by atoms with Crippen molar-refractivity contribution in [2.45, 2.75) is 45.8 Å². The van der Waals surface area contributed by atoms with Crippen molar-refractivity contribution in [2.75, 3.05) is 26.4 Å². The van der Waals surface area contributed by atoms with Gasteiger partial charge in [0.1, 0.15) is 5.82 Å². The Labute approximate surface area is 127 Å². The number of hydrogen-bond acceptors (Lipinski definition) is 3. The molecule has 1 unspecified atom stereocenters. The van der Waals surface area contributed by atoms with Crippen LogP contribution in [0.4, 0.5) is 4.39 Å². The van der Waals surface area contributed by atoms with Gasteiger partial charge in [-0.2, -0.15) is 0 Å². The third kappa shape index (κ3) is 8.15. The smallest absolute Gasteiger partial charge is 0.123 e. The maximum absolute atomic E-state index is 13.4. The SMILES string of the molecule is CCCOCCOC(CNC(C)(C)C)c1cccc(F)c1. The highest BCUT2D eigenvalue weighted by molar-refractivity contribution is 5.19. The summed E-state index contributed by atoms with van der Waals surface area (Å²) in [6.45, 7) is 10.8.